The monoisotopic (exact) mass is 363 g/mol. The molecule has 0 spiro atoms. The van der Waals surface area contributed by atoms with Crippen LogP contribution in [0.2, 0.25) is 0 Å². The van der Waals surface area contributed by atoms with Crippen molar-refractivity contribution in [2.24, 2.45) is 0 Å². The smallest absolute Gasteiger partial charge is 0.237 e. The third kappa shape index (κ3) is 4.74. The van der Waals surface area contributed by atoms with Crippen molar-refractivity contribution in [2.75, 3.05) is 33.3 Å². The lowest BCUT2D eigenvalue weighted by molar-refractivity contribution is -0.127. The lowest BCUT2D eigenvalue weighted by Crippen LogP contribution is -2.54. The largest absolute Gasteiger partial charge is 0.496 e. The van der Waals surface area contributed by atoms with E-state index < -0.39 is 0 Å². The summed E-state index contributed by atoms with van der Waals surface area (Å²) in [5.74, 6) is 0.631. The number of methoxy groups -OCH3 is 1. The normalized spacial score (nSPS) is 20.9. The molecule has 1 aromatic rings. The number of hydrogen-bond donors (Lipinski definition) is 1. The van der Waals surface area contributed by atoms with Crippen molar-refractivity contribution in [3.63, 3.8) is 0 Å². The van der Waals surface area contributed by atoms with E-state index in [9.17, 15) is 9.18 Å². The molecule has 1 aliphatic carbocycles. The second-order valence-corrected chi connectivity index (χ2v) is 7.43. The number of rotatable bonds is 6. The minimum absolute atomic E-state index is 0.0959. The van der Waals surface area contributed by atoms with Crippen molar-refractivity contribution in [1.82, 2.24) is 15.1 Å². The highest BCUT2D eigenvalue weighted by atomic mass is 19.1. The molecule has 1 amide bonds. The summed E-state index contributed by atoms with van der Waals surface area (Å²) in [6.45, 7) is 6.07. The molecule has 1 aromatic carbocycles. The van der Waals surface area contributed by atoms with E-state index in [2.05, 4.69) is 15.1 Å². The molecule has 0 unspecified atom stereocenters. The molecule has 1 saturated heterocycles. The van der Waals surface area contributed by atoms with Crippen LogP contribution in [0.4, 0.5) is 4.39 Å². The molecule has 26 heavy (non-hydrogen) atoms. The minimum atomic E-state index is -0.239. The van der Waals surface area contributed by atoms with Gasteiger partial charge in [-0.05, 0) is 38.0 Å². The minimum Gasteiger partial charge on any atom is -0.496 e. The van der Waals surface area contributed by atoms with Gasteiger partial charge >= 0.3 is 0 Å². The van der Waals surface area contributed by atoms with Gasteiger partial charge in [-0.1, -0.05) is 12.8 Å². The Hall–Kier alpha value is -1.66. The molecule has 1 aliphatic heterocycles. The van der Waals surface area contributed by atoms with Crippen LogP contribution in [-0.2, 0) is 11.3 Å². The average Bonchev–Trinajstić information content (AvgIpc) is 3.15. The van der Waals surface area contributed by atoms with Crippen molar-refractivity contribution in [2.45, 2.75) is 51.2 Å². The van der Waals surface area contributed by atoms with E-state index >= 15 is 0 Å². The zero-order valence-electron chi connectivity index (χ0n) is 15.8. The maximum absolute atomic E-state index is 13.5. The molecular formula is C20H30FN3O2. The molecular weight excluding hydrogens is 333 g/mol. The number of amides is 1. The fourth-order valence-corrected chi connectivity index (χ4v) is 3.98. The predicted molar refractivity (Wildman–Crippen MR) is 99.7 cm³/mol. The average molecular weight is 363 g/mol. The Kier molecular flexibility index (Phi) is 6.48. The third-order valence-electron chi connectivity index (χ3n) is 5.67. The Morgan fingerprint density at radius 2 is 1.96 bits per heavy atom. The van der Waals surface area contributed by atoms with Gasteiger partial charge in [-0.25, -0.2) is 4.39 Å². The highest BCUT2D eigenvalue weighted by Crippen LogP contribution is 2.22. The van der Waals surface area contributed by atoms with Crippen LogP contribution >= 0.6 is 0 Å². The quantitative estimate of drug-likeness (QED) is 0.843. The third-order valence-corrected chi connectivity index (χ3v) is 5.67. The standard InChI is InChI=1S/C20H30FN3O2/c1-15(20(25)22-18-5-3-4-6-18)24-11-9-23(10-12-24)14-16-13-17(21)7-8-19(16)26-2/h7-8,13,15,18H,3-6,9-12,14H2,1-2H3,(H,22,25)/t15-/m0/s1. The van der Waals surface area contributed by atoms with Crippen molar-refractivity contribution in [1.29, 1.82) is 0 Å². The van der Waals surface area contributed by atoms with Gasteiger partial charge in [-0.2, -0.15) is 0 Å². The van der Waals surface area contributed by atoms with E-state index in [4.69, 9.17) is 4.74 Å². The van der Waals surface area contributed by atoms with Crippen LogP contribution in [0.5, 0.6) is 5.75 Å². The summed E-state index contributed by atoms with van der Waals surface area (Å²) in [5, 5.41) is 3.20. The van der Waals surface area contributed by atoms with Crippen LogP contribution in [0, 0.1) is 5.82 Å². The van der Waals surface area contributed by atoms with Crippen molar-refractivity contribution in [3.8, 4) is 5.75 Å². The first-order valence-corrected chi connectivity index (χ1v) is 9.66. The lowest BCUT2D eigenvalue weighted by atomic mass is 10.1. The van der Waals surface area contributed by atoms with Gasteiger partial charge in [0.2, 0.25) is 5.91 Å². The number of benzene rings is 1. The number of piperazine rings is 1. The Morgan fingerprint density at radius 1 is 1.27 bits per heavy atom. The molecule has 0 bridgehead atoms. The maximum Gasteiger partial charge on any atom is 0.237 e. The molecule has 3 rings (SSSR count). The first-order chi connectivity index (χ1) is 12.6. The summed E-state index contributed by atoms with van der Waals surface area (Å²) in [4.78, 5) is 17.0. The van der Waals surface area contributed by atoms with E-state index in [0.29, 0.717) is 12.6 Å². The zero-order chi connectivity index (χ0) is 18.5. The Bertz CT molecular complexity index is 611. The van der Waals surface area contributed by atoms with Crippen LogP contribution in [0.25, 0.3) is 0 Å². The maximum atomic E-state index is 13.5. The number of carbonyl (C=O) groups excluding carboxylic acids is 1. The number of carbonyl (C=O) groups is 1. The van der Waals surface area contributed by atoms with Gasteiger partial charge in [0, 0.05) is 44.3 Å². The predicted octanol–water partition coefficient (Wildman–Crippen LogP) is 2.40. The summed E-state index contributed by atoms with van der Waals surface area (Å²) >= 11 is 0. The lowest BCUT2D eigenvalue weighted by Gasteiger charge is -2.37. The molecule has 144 valence electrons. The second kappa shape index (κ2) is 8.82. The molecule has 0 aromatic heterocycles. The summed E-state index contributed by atoms with van der Waals surface area (Å²) in [7, 11) is 1.61. The number of halogens is 1. The molecule has 5 nitrogen and oxygen atoms in total. The molecule has 6 heteroatoms. The zero-order valence-corrected chi connectivity index (χ0v) is 15.8. The van der Waals surface area contributed by atoms with Crippen LogP contribution in [0.1, 0.15) is 38.2 Å². The van der Waals surface area contributed by atoms with Gasteiger partial charge in [-0.3, -0.25) is 14.6 Å². The fraction of sp³-hybridized carbons (Fsp3) is 0.650. The SMILES string of the molecule is COc1ccc(F)cc1CN1CCN([C@@H](C)C(=O)NC2CCCC2)CC1. The van der Waals surface area contributed by atoms with Gasteiger partial charge in [0.05, 0.1) is 13.2 Å². The van der Waals surface area contributed by atoms with Crippen LogP contribution < -0.4 is 10.1 Å². The van der Waals surface area contributed by atoms with Crippen LogP contribution in [0.15, 0.2) is 18.2 Å². The number of nitrogens with zero attached hydrogens (tertiary/aromatic N) is 2. The Labute approximate surface area is 155 Å². The second-order valence-electron chi connectivity index (χ2n) is 7.43. The first-order valence-electron chi connectivity index (χ1n) is 9.66. The van der Waals surface area contributed by atoms with E-state index in [1.165, 1.54) is 18.9 Å². The summed E-state index contributed by atoms with van der Waals surface area (Å²) in [5.41, 5.74) is 0.868. The Morgan fingerprint density at radius 3 is 2.62 bits per heavy atom. The van der Waals surface area contributed by atoms with Gasteiger partial charge in [0.15, 0.2) is 0 Å². The highest BCUT2D eigenvalue weighted by Gasteiger charge is 2.27. The van der Waals surface area contributed by atoms with Gasteiger partial charge in [-0.15, -0.1) is 0 Å². The molecule has 0 radical (unpaired) electrons. The molecule has 1 atom stereocenters. The van der Waals surface area contributed by atoms with Gasteiger partial charge in [0.25, 0.3) is 0 Å². The van der Waals surface area contributed by atoms with Gasteiger partial charge in [0.1, 0.15) is 11.6 Å². The van der Waals surface area contributed by atoms with Crippen molar-refractivity contribution < 1.29 is 13.9 Å². The molecule has 2 aliphatic rings. The molecule has 1 N–H and O–H groups in total. The van der Waals surface area contributed by atoms with Crippen LogP contribution in [-0.4, -0.2) is 61.1 Å². The Balaban J connectivity index is 1.49. The van der Waals surface area contributed by atoms with E-state index in [-0.39, 0.29) is 17.8 Å². The first kappa shape index (κ1) is 19.1. The van der Waals surface area contributed by atoms with E-state index in [1.54, 1.807) is 19.2 Å². The van der Waals surface area contributed by atoms with Crippen LogP contribution in [0.3, 0.4) is 0 Å². The number of ether oxygens (including phenoxy) is 1. The number of hydrogen-bond acceptors (Lipinski definition) is 4. The highest BCUT2D eigenvalue weighted by molar-refractivity contribution is 5.81. The van der Waals surface area contributed by atoms with Crippen molar-refractivity contribution in [3.05, 3.63) is 29.6 Å². The summed E-state index contributed by atoms with van der Waals surface area (Å²) in [6, 6.07) is 4.91. The number of nitrogens with one attached hydrogen (secondary N) is 1. The van der Waals surface area contributed by atoms with E-state index in [1.807, 2.05) is 6.92 Å². The molecule has 2 fully saturated rings. The molecule has 1 saturated carbocycles. The summed E-state index contributed by atoms with van der Waals surface area (Å²) < 4.78 is 18.9. The summed E-state index contributed by atoms with van der Waals surface area (Å²) in [6.07, 6.45) is 4.67. The molecule has 1 heterocycles. The van der Waals surface area contributed by atoms with Gasteiger partial charge < -0.3 is 10.1 Å². The topological polar surface area (TPSA) is 44.8 Å². The fourth-order valence-electron chi connectivity index (χ4n) is 3.98. The van der Waals surface area contributed by atoms with E-state index in [0.717, 1.165) is 50.3 Å². The van der Waals surface area contributed by atoms with Crippen molar-refractivity contribution >= 4 is 5.91 Å².